The second-order valence-corrected chi connectivity index (χ2v) is 13.5. The lowest BCUT2D eigenvalue weighted by Crippen LogP contribution is -2.28. The Morgan fingerprint density at radius 3 is 0.867 bits per heavy atom. The maximum atomic E-state index is 8.70. The van der Waals surface area contributed by atoms with Crippen molar-refractivity contribution in [3.05, 3.63) is 119 Å². The standard InChI is InChI=1S/C47H62O13/c48-17-19-50-21-23-52-25-27-54-29-30-56-32-34-58-36-38-60-42-15-11-40(12-16-42)47(45-7-3-1-5-43(45)44-6-2-4-8-46(44)47)39-9-13-41(14-10-39)59-37-35-57-33-31-55-28-26-53-24-22-51-20-18-49/h1-16,48-49H,17-38H2. The van der Waals surface area contributed by atoms with E-state index in [-0.39, 0.29) is 13.2 Å². The van der Waals surface area contributed by atoms with Gasteiger partial charge in [0, 0.05) is 0 Å². The molecular weight excluding hydrogens is 773 g/mol. The Balaban J connectivity index is 1.05. The predicted molar refractivity (Wildman–Crippen MR) is 226 cm³/mol. The first-order valence-corrected chi connectivity index (χ1v) is 20.9. The first-order chi connectivity index (χ1) is 29.8. The summed E-state index contributed by atoms with van der Waals surface area (Å²) in [6.07, 6.45) is 0. The minimum atomic E-state index is -0.537. The van der Waals surface area contributed by atoms with Crippen molar-refractivity contribution in [3.8, 4) is 22.6 Å². The lowest BCUT2D eigenvalue weighted by molar-refractivity contribution is -0.0146. The maximum absolute atomic E-state index is 8.70. The normalized spacial score (nSPS) is 12.7. The Morgan fingerprint density at radius 1 is 0.300 bits per heavy atom. The molecule has 0 fully saturated rings. The van der Waals surface area contributed by atoms with E-state index in [4.69, 9.17) is 62.3 Å². The van der Waals surface area contributed by atoms with E-state index >= 15 is 0 Å². The van der Waals surface area contributed by atoms with Gasteiger partial charge in [0.05, 0.1) is 138 Å². The van der Waals surface area contributed by atoms with Crippen molar-refractivity contribution >= 4 is 0 Å². The lowest BCUT2D eigenvalue weighted by atomic mass is 9.68. The molecule has 0 radical (unpaired) electrons. The van der Waals surface area contributed by atoms with Gasteiger partial charge < -0.3 is 62.3 Å². The van der Waals surface area contributed by atoms with E-state index in [1.54, 1.807) is 0 Å². The topological polar surface area (TPSA) is 142 Å². The summed E-state index contributed by atoms with van der Waals surface area (Å²) in [5, 5.41) is 17.4. The number of ether oxygens (including phenoxy) is 11. The van der Waals surface area contributed by atoms with Crippen molar-refractivity contribution in [2.75, 3.05) is 145 Å². The number of benzene rings is 4. The van der Waals surface area contributed by atoms with Crippen molar-refractivity contribution in [2.24, 2.45) is 0 Å². The molecule has 0 atom stereocenters. The summed E-state index contributed by atoms with van der Waals surface area (Å²) < 4.78 is 61.3. The van der Waals surface area contributed by atoms with E-state index in [9.17, 15) is 0 Å². The quantitative estimate of drug-likeness (QED) is 0.0533. The predicted octanol–water partition coefficient (Wildman–Crippen LogP) is 4.94. The van der Waals surface area contributed by atoms with Gasteiger partial charge in [0.15, 0.2) is 0 Å². The van der Waals surface area contributed by atoms with Crippen LogP contribution in [0, 0.1) is 0 Å². The van der Waals surface area contributed by atoms with Gasteiger partial charge in [-0.05, 0) is 57.6 Å². The van der Waals surface area contributed by atoms with E-state index in [2.05, 4.69) is 72.8 Å². The zero-order chi connectivity index (χ0) is 41.8. The van der Waals surface area contributed by atoms with Crippen LogP contribution in [0.4, 0.5) is 0 Å². The van der Waals surface area contributed by atoms with Crippen LogP contribution >= 0.6 is 0 Å². The number of rotatable bonds is 35. The van der Waals surface area contributed by atoms with Crippen LogP contribution in [0.1, 0.15) is 22.3 Å². The Bertz CT molecular complexity index is 1660. The summed E-state index contributed by atoms with van der Waals surface area (Å²) in [5.74, 6) is 1.55. The zero-order valence-electron chi connectivity index (χ0n) is 34.7. The molecule has 0 amide bonds. The summed E-state index contributed by atoms with van der Waals surface area (Å²) in [6, 6.07) is 34.1. The number of aliphatic hydroxyl groups excluding tert-OH is 2. The summed E-state index contributed by atoms with van der Waals surface area (Å²) in [6.45, 7) is 9.08. The van der Waals surface area contributed by atoms with Gasteiger partial charge in [-0.1, -0.05) is 72.8 Å². The third-order valence-electron chi connectivity index (χ3n) is 9.60. The first-order valence-electron chi connectivity index (χ1n) is 20.9. The molecule has 0 saturated heterocycles. The molecule has 0 heterocycles. The molecule has 0 bridgehead atoms. The molecule has 4 aromatic carbocycles. The van der Waals surface area contributed by atoms with Gasteiger partial charge in [-0.25, -0.2) is 0 Å². The van der Waals surface area contributed by atoms with E-state index in [1.165, 1.54) is 22.3 Å². The Morgan fingerprint density at radius 2 is 0.567 bits per heavy atom. The third-order valence-corrected chi connectivity index (χ3v) is 9.60. The number of fused-ring (bicyclic) bond motifs is 3. The molecule has 60 heavy (non-hydrogen) atoms. The SMILES string of the molecule is OCCOCCOCCOCCOCCOCCOc1ccc(C2(c3ccc(OCCOCCOCCOCCOCCO)cc3)c3ccccc3-c3ccccc32)cc1. The monoisotopic (exact) mass is 834 g/mol. The Hall–Kier alpha value is -3.96. The van der Waals surface area contributed by atoms with Crippen LogP contribution in [0.15, 0.2) is 97.1 Å². The molecule has 1 aliphatic rings. The van der Waals surface area contributed by atoms with Crippen LogP contribution in [0.5, 0.6) is 11.5 Å². The van der Waals surface area contributed by atoms with Crippen LogP contribution in [0.25, 0.3) is 11.1 Å². The van der Waals surface area contributed by atoms with Gasteiger partial charge in [0.1, 0.15) is 24.7 Å². The molecule has 2 N–H and O–H groups in total. The maximum Gasteiger partial charge on any atom is 0.119 e. The van der Waals surface area contributed by atoms with Crippen LogP contribution in [-0.4, -0.2) is 156 Å². The Labute approximate surface area is 354 Å². The summed E-state index contributed by atoms with van der Waals surface area (Å²) in [4.78, 5) is 0. The lowest BCUT2D eigenvalue weighted by Gasteiger charge is -2.34. The summed E-state index contributed by atoms with van der Waals surface area (Å²) in [5.41, 5.74) is 6.66. The minimum Gasteiger partial charge on any atom is -0.491 e. The fourth-order valence-electron chi connectivity index (χ4n) is 6.94. The number of hydrogen-bond donors (Lipinski definition) is 2. The molecule has 0 aromatic heterocycles. The van der Waals surface area contributed by atoms with E-state index in [0.29, 0.717) is 132 Å². The molecule has 1 aliphatic carbocycles. The third kappa shape index (κ3) is 14.9. The largest absolute Gasteiger partial charge is 0.491 e. The van der Waals surface area contributed by atoms with E-state index in [1.807, 2.05) is 24.3 Å². The van der Waals surface area contributed by atoms with Crippen molar-refractivity contribution in [3.63, 3.8) is 0 Å². The molecule has 5 rings (SSSR count). The molecule has 13 nitrogen and oxygen atoms in total. The molecule has 0 aliphatic heterocycles. The highest BCUT2D eigenvalue weighted by Crippen LogP contribution is 2.56. The minimum absolute atomic E-state index is 0.0144. The van der Waals surface area contributed by atoms with Crippen molar-refractivity contribution in [1.29, 1.82) is 0 Å². The van der Waals surface area contributed by atoms with Crippen LogP contribution < -0.4 is 9.47 Å². The van der Waals surface area contributed by atoms with Crippen LogP contribution in [0.2, 0.25) is 0 Å². The van der Waals surface area contributed by atoms with E-state index in [0.717, 1.165) is 22.6 Å². The van der Waals surface area contributed by atoms with Gasteiger partial charge in [0.25, 0.3) is 0 Å². The molecule has 4 aromatic rings. The van der Waals surface area contributed by atoms with Gasteiger partial charge in [-0.2, -0.15) is 0 Å². The molecule has 0 unspecified atom stereocenters. The molecule has 13 heteroatoms. The average Bonchev–Trinajstić information content (AvgIpc) is 3.59. The molecular formula is C47H62O13. The second kappa shape index (κ2) is 28.5. The average molecular weight is 835 g/mol. The van der Waals surface area contributed by atoms with Crippen molar-refractivity contribution < 1.29 is 62.3 Å². The first kappa shape index (κ1) is 47.1. The highest BCUT2D eigenvalue weighted by atomic mass is 16.6. The second-order valence-electron chi connectivity index (χ2n) is 13.5. The van der Waals surface area contributed by atoms with Crippen molar-refractivity contribution in [2.45, 2.75) is 5.41 Å². The smallest absolute Gasteiger partial charge is 0.119 e. The molecule has 328 valence electrons. The zero-order valence-corrected chi connectivity index (χ0v) is 34.7. The fourth-order valence-corrected chi connectivity index (χ4v) is 6.94. The molecule has 0 saturated carbocycles. The Kier molecular flexibility index (Phi) is 22.4. The summed E-state index contributed by atoms with van der Waals surface area (Å²) >= 11 is 0. The van der Waals surface area contributed by atoms with Gasteiger partial charge in [-0.15, -0.1) is 0 Å². The number of hydrogen-bond acceptors (Lipinski definition) is 13. The molecule has 0 spiro atoms. The van der Waals surface area contributed by atoms with Crippen molar-refractivity contribution in [1.82, 2.24) is 0 Å². The van der Waals surface area contributed by atoms with Crippen LogP contribution in [0.3, 0.4) is 0 Å². The van der Waals surface area contributed by atoms with Gasteiger partial charge in [0.2, 0.25) is 0 Å². The van der Waals surface area contributed by atoms with E-state index < -0.39 is 5.41 Å². The fraction of sp³-hybridized carbons (Fsp3) is 0.489. The van der Waals surface area contributed by atoms with Crippen LogP contribution in [-0.2, 0) is 48.0 Å². The van der Waals surface area contributed by atoms with Gasteiger partial charge in [-0.3, -0.25) is 0 Å². The highest BCUT2D eigenvalue weighted by Gasteiger charge is 2.45. The number of aliphatic hydroxyl groups is 2. The summed E-state index contributed by atoms with van der Waals surface area (Å²) in [7, 11) is 0. The highest BCUT2D eigenvalue weighted by molar-refractivity contribution is 5.86. The van der Waals surface area contributed by atoms with Gasteiger partial charge >= 0.3 is 0 Å².